The fourth-order valence-electron chi connectivity index (χ4n) is 4.76. The van der Waals surface area contributed by atoms with Gasteiger partial charge in [0.2, 0.25) is 6.23 Å². The first-order valence-electron chi connectivity index (χ1n) is 11.2. The number of hydrogen-bond donors (Lipinski definition) is 0. The number of ether oxygens (including phenoxy) is 1. The van der Waals surface area contributed by atoms with Crippen molar-refractivity contribution in [1.29, 1.82) is 0 Å². The average molecular weight is 433 g/mol. The number of aromatic nitrogens is 1. The molecule has 4 heteroatoms. The summed E-state index contributed by atoms with van der Waals surface area (Å²) in [6.07, 6.45) is -0.353. The molecule has 0 saturated heterocycles. The van der Waals surface area contributed by atoms with Gasteiger partial charge in [-0.05, 0) is 36.2 Å². The van der Waals surface area contributed by atoms with Gasteiger partial charge in [0.1, 0.15) is 11.5 Å². The van der Waals surface area contributed by atoms with Gasteiger partial charge in [-0.1, -0.05) is 95.6 Å². The number of anilines is 1. The Bertz CT molecular complexity index is 1420. The molecular formula is C29H24N2O2. The van der Waals surface area contributed by atoms with Gasteiger partial charge in [0, 0.05) is 17.2 Å². The summed E-state index contributed by atoms with van der Waals surface area (Å²) in [6, 6.07) is 33.7. The predicted octanol–water partition coefficient (Wildman–Crippen LogP) is 7.13. The molecule has 1 aliphatic heterocycles. The molecule has 0 aliphatic carbocycles. The summed E-state index contributed by atoms with van der Waals surface area (Å²) in [5, 5.41) is 6.80. The zero-order valence-corrected chi connectivity index (χ0v) is 18.6. The van der Waals surface area contributed by atoms with Crippen LogP contribution < -0.4 is 9.64 Å². The van der Waals surface area contributed by atoms with Gasteiger partial charge >= 0.3 is 0 Å². The normalized spacial score (nSPS) is 17.6. The molecule has 1 aliphatic rings. The van der Waals surface area contributed by atoms with Crippen molar-refractivity contribution in [2.24, 2.45) is 0 Å². The summed E-state index contributed by atoms with van der Waals surface area (Å²) in [7, 11) is 0. The highest BCUT2D eigenvalue weighted by Gasteiger charge is 2.40. The summed E-state index contributed by atoms with van der Waals surface area (Å²) in [4.78, 5) is 2.24. The van der Waals surface area contributed by atoms with Gasteiger partial charge in [0.25, 0.3) is 0 Å². The molecule has 2 atom stereocenters. The van der Waals surface area contributed by atoms with E-state index in [1.807, 2.05) is 13.0 Å². The van der Waals surface area contributed by atoms with Crippen LogP contribution in [0.1, 0.15) is 40.3 Å². The summed E-state index contributed by atoms with van der Waals surface area (Å²) < 4.78 is 12.3. The Balaban J connectivity index is 1.66. The fraction of sp³-hybridized carbons (Fsp3) is 0.138. The van der Waals surface area contributed by atoms with E-state index in [0.717, 1.165) is 28.5 Å². The molecule has 0 bridgehead atoms. The molecule has 0 radical (unpaired) electrons. The maximum atomic E-state index is 6.74. The molecule has 2 heterocycles. The summed E-state index contributed by atoms with van der Waals surface area (Å²) in [6.45, 7) is 4.02. The van der Waals surface area contributed by atoms with Crippen molar-refractivity contribution in [3.8, 4) is 5.75 Å². The van der Waals surface area contributed by atoms with Gasteiger partial charge in [-0.25, -0.2) is 0 Å². The molecule has 4 aromatic carbocycles. The Hall–Kier alpha value is -4.05. The lowest BCUT2D eigenvalue weighted by Gasteiger charge is -2.44. The van der Waals surface area contributed by atoms with Crippen molar-refractivity contribution in [2.45, 2.75) is 26.1 Å². The molecule has 33 heavy (non-hydrogen) atoms. The van der Waals surface area contributed by atoms with Crippen LogP contribution in [-0.2, 0) is 0 Å². The molecule has 162 valence electrons. The topological polar surface area (TPSA) is 38.5 Å². The first-order valence-corrected chi connectivity index (χ1v) is 11.2. The van der Waals surface area contributed by atoms with E-state index in [0.29, 0.717) is 0 Å². The minimum absolute atomic E-state index is 0.100. The lowest BCUT2D eigenvalue weighted by molar-refractivity contribution is 0.168. The van der Waals surface area contributed by atoms with Gasteiger partial charge < -0.3 is 14.2 Å². The van der Waals surface area contributed by atoms with Gasteiger partial charge in [0.05, 0.1) is 6.04 Å². The van der Waals surface area contributed by atoms with Crippen LogP contribution in [0, 0.1) is 13.8 Å². The minimum atomic E-state index is -0.353. The van der Waals surface area contributed by atoms with E-state index in [1.165, 1.54) is 21.9 Å². The zero-order valence-electron chi connectivity index (χ0n) is 18.6. The Morgan fingerprint density at radius 1 is 0.758 bits per heavy atom. The van der Waals surface area contributed by atoms with Gasteiger partial charge in [-0.2, -0.15) is 0 Å². The Kier molecular flexibility index (Phi) is 4.65. The fourth-order valence-corrected chi connectivity index (χ4v) is 4.76. The molecule has 0 amide bonds. The monoisotopic (exact) mass is 432 g/mol. The number of hydrogen-bond acceptors (Lipinski definition) is 4. The lowest BCUT2D eigenvalue weighted by atomic mass is 9.89. The highest BCUT2D eigenvalue weighted by atomic mass is 16.5. The van der Waals surface area contributed by atoms with Crippen molar-refractivity contribution in [3.05, 3.63) is 125 Å². The van der Waals surface area contributed by atoms with Crippen LogP contribution in [0.4, 0.5) is 5.82 Å². The van der Waals surface area contributed by atoms with Crippen LogP contribution in [0.25, 0.3) is 10.8 Å². The highest BCUT2D eigenvalue weighted by Crippen LogP contribution is 2.49. The number of fused-ring (bicyclic) bond motifs is 3. The minimum Gasteiger partial charge on any atom is -0.466 e. The summed E-state index contributed by atoms with van der Waals surface area (Å²) >= 11 is 0. The Labute approximate surface area is 193 Å². The van der Waals surface area contributed by atoms with Crippen LogP contribution >= 0.6 is 0 Å². The standard InChI is InChI=1S/C29H24N2O2/c1-19-12-14-23(15-13-19)29-31(26-18-20(2)33-30-26)28(22-9-4-3-5-10-22)27-24-11-7-6-8-21(24)16-17-25(27)32-29/h3-18,28-29H,1-2H3. The maximum Gasteiger partial charge on any atom is 0.200 e. The van der Waals surface area contributed by atoms with Crippen LogP contribution in [0.15, 0.2) is 102 Å². The average Bonchev–Trinajstić information content (AvgIpc) is 3.29. The van der Waals surface area contributed by atoms with E-state index in [2.05, 4.69) is 108 Å². The molecule has 2 unspecified atom stereocenters. The van der Waals surface area contributed by atoms with Crippen molar-refractivity contribution in [2.75, 3.05) is 4.90 Å². The lowest BCUT2D eigenvalue weighted by Crippen LogP contribution is -2.40. The largest absolute Gasteiger partial charge is 0.466 e. The van der Waals surface area contributed by atoms with E-state index in [1.54, 1.807) is 0 Å². The third-order valence-corrected chi connectivity index (χ3v) is 6.33. The van der Waals surface area contributed by atoms with Crippen LogP contribution in [0.2, 0.25) is 0 Å². The smallest absolute Gasteiger partial charge is 0.200 e. The first-order chi connectivity index (χ1) is 16.2. The Morgan fingerprint density at radius 2 is 1.52 bits per heavy atom. The van der Waals surface area contributed by atoms with Crippen LogP contribution in [0.5, 0.6) is 5.75 Å². The van der Waals surface area contributed by atoms with Crippen molar-refractivity contribution in [3.63, 3.8) is 0 Å². The predicted molar refractivity (Wildman–Crippen MR) is 130 cm³/mol. The van der Waals surface area contributed by atoms with Gasteiger partial charge in [0.15, 0.2) is 5.82 Å². The molecule has 0 spiro atoms. The van der Waals surface area contributed by atoms with Gasteiger partial charge in [-0.15, -0.1) is 0 Å². The van der Waals surface area contributed by atoms with Crippen molar-refractivity contribution >= 4 is 16.6 Å². The first kappa shape index (κ1) is 19.6. The van der Waals surface area contributed by atoms with Crippen LogP contribution in [0.3, 0.4) is 0 Å². The van der Waals surface area contributed by atoms with Crippen molar-refractivity contribution in [1.82, 2.24) is 5.16 Å². The maximum absolute atomic E-state index is 6.74. The van der Waals surface area contributed by atoms with E-state index < -0.39 is 0 Å². The van der Waals surface area contributed by atoms with E-state index in [4.69, 9.17) is 9.26 Å². The third-order valence-electron chi connectivity index (χ3n) is 6.33. The van der Waals surface area contributed by atoms with E-state index in [-0.39, 0.29) is 12.3 Å². The number of nitrogens with zero attached hydrogens (tertiary/aromatic N) is 2. The molecule has 1 aromatic heterocycles. The number of aryl methyl sites for hydroxylation is 2. The second kappa shape index (κ2) is 7.82. The zero-order chi connectivity index (χ0) is 22.4. The third kappa shape index (κ3) is 3.35. The summed E-state index contributed by atoms with van der Waals surface area (Å²) in [5.41, 5.74) is 4.60. The highest BCUT2D eigenvalue weighted by molar-refractivity contribution is 5.89. The summed E-state index contributed by atoms with van der Waals surface area (Å²) in [5.74, 6) is 2.42. The van der Waals surface area contributed by atoms with Gasteiger partial charge in [-0.3, -0.25) is 0 Å². The molecule has 0 fully saturated rings. The molecular weight excluding hydrogens is 408 g/mol. The molecule has 0 saturated carbocycles. The molecule has 6 rings (SSSR count). The van der Waals surface area contributed by atoms with E-state index in [9.17, 15) is 0 Å². The quantitative estimate of drug-likeness (QED) is 0.304. The van der Waals surface area contributed by atoms with E-state index >= 15 is 0 Å². The van der Waals surface area contributed by atoms with Crippen molar-refractivity contribution < 1.29 is 9.26 Å². The number of rotatable bonds is 3. The second-order valence-corrected chi connectivity index (χ2v) is 8.60. The SMILES string of the molecule is Cc1ccc(C2Oc3ccc4ccccc4c3C(c3ccccc3)N2c2cc(C)on2)cc1. The molecule has 0 N–H and O–H groups in total. The Morgan fingerprint density at radius 3 is 2.27 bits per heavy atom. The molecule has 5 aromatic rings. The van der Waals surface area contributed by atoms with Crippen LogP contribution in [-0.4, -0.2) is 5.16 Å². The molecule has 4 nitrogen and oxygen atoms in total. The number of benzene rings is 4. The second-order valence-electron chi connectivity index (χ2n) is 8.60.